The van der Waals surface area contributed by atoms with E-state index in [9.17, 15) is 0 Å². The second-order valence-corrected chi connectivity index (χ2v) is 3.19. The minimum absolute atomic E-state index is 0. The maximum absolute atomic E-state index is 5.74. The van der Waals surface area contributed by atoms with E-state index >= 15 is 0 Å². The number of halogens is 1. The molecule has 2 aromatic rings. The van der Waals surface area contributed by atoms with E-state index in [0.29, 0.717) is 5.02 Å². The smallest absolute Gasteiger partial charge is 0.0305 e. The van der Waals surface area contributed by atoms with Crippen molar-refractivity contribution in [2.45, 2.75) is 13.8 Å². The number of fused-ring (bicyclic) bond motifs is 1. The summed E-state index contributed by atoms with van der Waals surface area (Å²) >= 11 is 5.74. The molecule has 77 valence electrons. The molecule has 1 aromatic carbocycles. The average Bonchev–Trinajstić information content (AvgIpc) is 2.19. The molecule has 0 bridgehead atoms. The minimum atomic E-state index is 0. The van der Waals surface area contributed by atoms with Gasteiger partial charge in [-0.1, -0.05) is 35.3 Å². The molecule has 4 heteroatoms. The van der Waals surface area contributed by atoms with Crippen molar-refractivity contribution in [1.29, 1.82) is 0 Å². The molecular formula is C11H11ClN2Y-2. The second-order valence-electron chi connectivity index (χ2n) is 2.75. The zero-order chi connectivity index (χ0) is 10.4. The number of nitrogens with zero attached hydrogens (tertiary/aromatic N) is 2. The Bertz CT molecular complexity index is 406. The summed E-state index contributed by atoms with van der Waals surface area (Å²) in [5.41, 5.74) is 0.826. The minimum Gasteiger partial charge on any atom is -0.374 e. The molecule has 0 N–H and O–H groups in total. The molecular weight excluding hydrogens is 284 g/mol. The summed E-state index contributed by atoms with van der Waals surface area (Å²) in [6, 6.07) is 5.48. The first kappa shape index (κ1) is 15.0. The van der Waals surface area contributed by atoms with Gasteiger partial charge in [0.25, 0.3) is 0 Å². The first-order valence-corrected chi connectivity index (χ1v) is 4.68. The third-order valence-electron chi connectivity index (χ3n) is 1.42. The van der Waals surface area contributed by atoms with Gasteiger partial charge in [-0.3, -0.25) is 0 Å². The molecule has 2 nitrogen and oxygen atoms in total. The van der Waals surface area contributed by atoms with Crippen molar-refractivity contribution in [3.05, 3.63) is 42.2 Å². The molecule has 0 amide bonds. The van der Waals surface area contributed by atoms with Gasteiger partial charge in [0, 0.05) is 44.1 Å². The van der Waals surface area contributed by atoms with Crippen LogP contribution in [0.5, 0.6) is 0 Å². The molecule has 15 heavy (non-hydrogen) atoms. The van der Waals surface area contributed by atoms with E-state index in [4.69, 9.17) is 11.6 Å². The van der Waals surface area contributed by atoms with Gasteiger partial charge in [0.05, 0.1) is 0 Å². The van der Waals surface area contributed by atoms with Crippen molar-refractivity contribution >= 4 is 22.5 Å². The molecule has 0 unspecified atom stereocenters. The number of rotatable bonds is 0. The molecule has 0 aliphatic rings. The van der Waals surface area contributed by atoms with Gasteiger partial charge < -0.3 is 16.4 Å². The summed E-state index contributed by atoms with van der Waals surface area (Å²) in [5, 5.41) is 1.66. The Balaban J connectivity index is 0.000000443. The normalized spacial score (nSPS) is 8.73. The molecule has 0 saturated heterocycles. The fourth-order valence-corrected chi connectivity index (χ4v) is 1.07. The monoisotopic (exact) mass is 295 g/mol. The topological polar surface area (TPSA) is 25.8 Å². The summed E-state index contributed by atoms with van der Waals surface area (Å²) in [4.78, 5) is 7.68. The van der Waals surface area contributed by atoms with E-state index in [1.807, 2.05) is 32.4 Å². The van der Waals surface area contributed by atoms with Gasteiger partial charge in [-0.05, 0) is 11.6 Å². The third-order valence-corrected chi connectivity index (χ3v) is 1.66. The van der Waals surface area contributed by atoms with E-state index in [2.05, 4.69) is 16.3 Å². The molecule has 0 fully saturated rings. The fourth-order valence-electron chi connectivity index (χ4n) is 0.904. The third kappa shape index (κ3) is 5.01. The van der Waals surface area contributed by atoms with Gasteiger partial charge in [-0.15, -0.1) is 0 Å². The largest absolute Gasteiger partial charge is 0.374 e. The van der Waals surface area contributed by atoms with Gasteiger partial charge in [0.1, 0.15) is 0 Å². The first-order chi connectivity index (χ1) is 6.77. The van der Waals surface area contributed by atoms with Crippen LogP contribution in [0.2, 0.25) is 5.02 Å². The van der Waals surface area contributed by atoms with E-state index in [0.717, 1.165) is 10.9 Å². The van der Waals surface area contributed by atoms with Gasteiger partial charge in [0.2, 0.25) is 0 Å². The van der Waals surface area contributed by atoms with Crippen LogP contribution in [0.25, 0.3) is 10.9 Å². The van der Waals surface area contributed by atoms with E-state index < -0.39 is 0 Å². The van der Waals surface area contributed by atoms with E-state index in [-0.39, 0.29) is 32.7 Å². The van der Waals surface area contributed by atoms with Crippen molar-refractivity contribution in [2.75, 3.05) is 0 Å². The maximum Gasteiger partial charge on any atom is 0.0305 e. The van der Waals surface area contributed by atoms with E-state index in [1.165, 1.54) is 0 Å². The van der Waals surface area contributed by atoms with Crippen LogP contribution < -0.4 is 0 Å². The summed E-state index contributed by atoms with van der Waals surface area (Å²) < 4.78 is 0. The predicted octanol–water partition coefficient (Wildman–Crippen LogP) is 3.31. The Hall–Kier alpha value is -0.0461. The van der Waals surface area contributed by atoms with Crippen LogP contribution in [0.1, 0.15) is 13.8 Å². The molecule has 0 saturated carbocycles. The van der Waals surface area contributed by atoms with Gasteiger partial charge in [-0.2, -0.15) is 13.8 Å². The van der Waals surface area contributed by atoms with Gasteiger partial charge in [0.15, 0.2) is 0 Å². The molecule has 1 radical (unpaired) electrons. The quantitative estimate of drug-likeness (QED) is 0.697. The number of aromatic nitrogens is 2. The van der Waals surface area contributed by atoms with Crippen LogP contribution in [0.3, 0.4) is 0 Å². The SMILES string of the molecule is C[CH-]C.Clc1ccc2cn[c-]nc2c1.[Y]. The van der Waals surface area contributed by atoms with Crippen LogP contribution in [0.4, 0.5) is 0 Å². The summed E-state index contributed by atoms with van der Waals surface area (Å²) in [6.07, 6.45) is 6.21. The standard InChI is InChI=1S/C8H4ClN2.C3H7.Y/c9-7-2-1-6-4-10-5-11-8(6)3-7;1-3-2;/h1-4H;3H,1-2H3;/q2*-1;. The first-order valence-electron chi connectivity index (χ1n) is 4.30. The molecule has 0 aliphatic carbocycles. The van der Waals surface area contributed by atoms with E-state index in [1.54, 1.807) is 12.3 Å². The molecule has 0 aliphatic heterocycles. The Morgan fingerprint density at radius 1 is 1.33 bits per heavy atom. The van der Waals surface area contributed by atoms with Gasteiger partial charge in [-0.25, -0.2) is 0 Å². The molecule has 0 spiro atoms. The molecule has 1 aromatic heterocycles. The maximum atomic E-state index is 5.74. The van der Waals surface area contributed by atoms with Crippen molar-refractivity contribution in [3.63, 3.8) is 0 Å². The van der Waals surface area contributed by atoms with Crippen LogP contribution >= 0.6 is 11.6 Å². The Morgan fingerprint density at radius 2 is 2.00 bits per heavy atom. The van der Waals surface area contributed by atoms with Crippen LogP contribution in [0, 0.1) is 12.7 Å². The zero-order valence-electron chi connectivity index (χ0n) is 8.74. The molecule has 0 atom stereocenters. The average molecular weight is 296 g/mol. The second kappa shape index (κ2) is 8.15. The molecule has 1 heterocycles. The van der Waals surface area contributed by atoms with Crippen LogP contribution in [-0.4, -0.2) is 9.97 Å². The van der Waals surface area contributed by atoms with Crippen molar-refractivity contribution in [1.82, 2.24) is 9.97 Å². The van der Waals surface area contributed by atoms with Crippen molar-refractivity contribution in [2.24, 2.45) is 0 Å². The molecule has 2 rings (SSSR count). The zero-order valence-corrected chi connectivity index (χ0v) is 12.3. The summed E-state index contributed by atoms with van der Waals surface area (Å²) in [7, 11) is 0. The Kier molecular flexibility index (Phi) is 8.12. The Morgan fingerprint density at radius 3 is 2.67 bits per heavy atom. The van der Waals surface area contributed by atoms with Crippen LogP contribution in [0.15, 0.2) is 24.4 Å². The van der Waals surface area contributed by atoms with Gasteiger partial charge >= 0.3 is 0 Å². The number of hydrogen-bond donors (Lipinski definition) is 0. The summed E-state index contributed by atoms with van der Waals surface area (Å²) in [6.45, 7) is 4.00. The Labute approximate surface area is 120 Å². The van der Waals surface area contributed by atoms with Crippen molar-refractivity contribution < 1.29 is 32.7 Å². The number of benzene rings is 1. The summed E-state index contributed by atoms with van der Waals surface area (Å²) in [5.74, 6) is 0. The number of hydrogen-bond acceptors (Lipinski definition) is 2. The van der Waals surface area contributed by atoms with Crippen LogP contribution in [-0.2, 0) is 32.7 Å². The van der Waals surface area contributed by atoms with Crippen molar-refractivity contribution in [3.8, 4) is 0 Å². The predicted molar refractivity (Wildman–Crippen MR) is 59.0 cm³/mol. The fraction of sp³-hybridized carbons (Fsp3) is 0.182.